The molecule has 172 valence electrons. The van der Waals surface area contributed by atoms with Crippen LogP contribution in [0.2, 0.25) is 0 Å². The van der Waals surface area contributed by atoms with E-state index < -0.39 is 0 Å². The van der Waals surface area contributed by atoms with Gasteiger partial charge < -0.3 is 20.5 Å². The van der Waals surface area contributed by atoms with E-state index in [2.05, 4.69) is 20.6 Å². The predicted octanol–water partition coefficient (Wildman–Crippen LogP) is 4.31. The smallest absolute Gasteiger partial charge is 0.276 e. The Labute approximate surface area is 195 Å². The fourth-order valence-electron chi connectivity index (χ4n) is 4.45. The van der Waals surface area contributed by atoms with Gasteiger partial charge in [-0.2, -0.15) is 0 Å². The molecule has 0 radical (unpaired) electrons. The maximum absolute atomic E-state index is 13.0. The van der Waals surface area contributed by atoms with Crippen LogP contribution in [-0.2, 0) is 4.79 Å². The van der Waals surface area contributed by atoms with Crippen LogP contribution in [0.4, 0.5) is 11.5 Å². The number of carbonyl (C=O) groups is 3. The van der Waals surface area contributed by atoms with Gasteiger partial charge in [-0.3, -0.25) is 14.4 Å². The first-order chi connectivity index (χ1) is 16.0. The van der Waals surface area contributed by atoms with Crippen LogP contribution in [0, 0.1) is 5.92 Å². The largest absolute Gasteiger partial charge is 0.349 e. The molecule has 0 aliphatic heterocycles. The number of nitrogens with zero attached hydrogens (tertiary/aromatic N) is 2. The summed E-state index contributed by atoms with van der Waals surface area (Å²) in [6.07, 6.45) is 7.14. The molecule has 2 saturated carbocycles. The topological polar surface area (TPSA) is 107 Å². The number of thiazole rings is 1. The van der Waals surface area contributed by atoms with Crippen LogP contribution in [0.15, 0.2) is 29.1 Å². The first-order valence-electron chi connectivity index (χ1n) is 11.4. The van der Waals surface area contributed by atoms with Crippen molar-refractivity contribution in [2.24, 2.45) is 5.92 Å². The predicted molar refractivity (Wildman–Crippen MR) is 129 cm³/mol. The summed E-state index contributed by atoms with van der Waals surface area (Å²) in [5.41, 5.74) is 3.71. The molecule has 3 amide bonds. The quantitative estimate of drug-likeness (QED) is 0.483. The zero-order valence-electron chi connectivity index (χ0n) is 18.5. The van der Waals surface area contributed by atoms with Gasteiger partial charge in [0.1, 0.15) is 11.5 Å². The molecule has 9 heteroatoms. The molecule has 3 aromatic rings. The van der Waals surface area contributed by atoms with Crippen molar-refractivity contribution in [2.75, 3.05) is 17.3 Å². The minimum absolute atomic E-state index is 0.0940. The lowest BCUT2D eigenvalue weighted by molar-refractivity contribution is -0.119. The van der Waals surface area contributed by atoms with E-state index in [0.717, 1.165) is 31.4 Å². The zero-order chi connectivity index (χ0) is 22.9. The Morgan fingerprint density at radius 3 is 2.64 bits per heavy atom. The monoisotopic (exact) mass is 465 g/mol. The summed E-state index contributed by atoms with van der Waals surface area (Å²) in [4.78, 5) is 47.4. The van der Waals surface area contributed by atoms with Crippen LogP contribution in [0.5, 0.6) is 0 Å². The molecule has 2 fully saturated rings. The van der Waals surface area contributed by atoms with Gasteiger partial charge in [0.25, 0.3) is 11.8 Å². The number of anilines is 2. The van der Waals surface area contributed by atoms with Gasteiger partial charge in [-0.1, -0.05) is 12.8 Å². The highest BCUT2D eigenvalue weighted by Crippen LogP contribution is 2.32. The number of aromatic nitrogens is 2. The molecule has 2 aliphatic carbocycles. The van der Waals surface area contributed by atoms with Crippen LogP contribution in [0.1, 0.15) is 65.8 Å². The SMILES string of the molecule is CN(C(=O)CC1CCCC1)c1ccc2c(C(=O)NC3CC3)c(NC(=O)c3cscn3)[nH]c2c1. The molecule has 2 heterocycles. The Balaban J connectivity index is 1.44. The third-order valence-corrected chi connectivity index (χ3v) is 7.11. The van der Waals surface area contributed by atoms with Gasteiger partial charge in [0.2, 0.25) is 5.91 Å². The van der Waals surface area contributed by atoms with Crippen molar-refractivity contribution in [3.63, 3.8) is 0 Å². The molecule has 2 aliphatic rings. The van der Waals surface area contributed by atoms with E-state index in [1.807, 2.05) is 18.2 Å². The molecule has 5 rings (SSSR count). The Morgan fingerprint density at radius 2 is 1.94 bits per heavy atom. The first-order valence-corrected chi connectivity index (χ1v) is 12.4. The first kappa shape index (κ1) is 21.6. The average Bonchev–Trinajstić information content (AvgIpc) is 3.21. The molecule has 0 unspecified atom stereocenters. The molecule has 3 N–H and O–H groups in total. The van der Waals surface area contributed by atoms with Crippen molar-refractivity contribution in [3.05, 3.63) is 40.3 Å². The maximum atomic E-state index is 13.0. The number of nitrogens with one attached hydrogen (secondary N) is 3. The summed E-state index contributed by atoms with van der Waals surface area (Å²) >= 11 is 1.33. The number of aromatic amines is 1. The number of rotatable bonds is 7. The zero-order valence-corrected chi connectivity index (χ0v) is 19.3. The third-order valence-electron chi connectivity index (χ3n) is 6.52. The van der Waals surface area contributed by atoms with Gasteiger partial charge >= 0.3 is 0 Å². The van der Waals surface area contributed by atoms with Crippen molar-refractivity contribution in [1.29, 1.82) is 0 Å². The lowest BCUT2D eigenvalue weighted by Gasteiger charge is -2.19. The Morgan fingerprint density at radius 1 is 1.15 bits per heavy atom. The van der Waals surface area contributed by atoms with Crippen molar-refractivity contribution in [2.45, 2.75) is 51.0 Å². The highest BCUT2D eigenvalue weighted by Gasteiger charge is 2.28. The number of hydrogen-bond donors (Lipinski definition) is 3. The second kappa shape index (κ2) is 8.97. The minimum atomic E-state index is -0.382. The molecular formula is C24H27N5O3S. The van der Waals surface area contributed by atoms with Crippen molar-refractivity contribution < 1.29 is 14.4 Å². The van der Waals surface area contributed by atoms with E-state index >= 15 is 0 Å². The summed E-state index contributed by atoms with van der Waals surface area (Å²) in [6, 6.07) is 5.72. The third kappa shape index (κ3) is 4.64. The lowest BCUT2D eigenvalue weighted by atomic mass is 10.0. The van der Waals surface area contributed by atoms with E-state index in [1.54, 1.807) is 22.8 Å². The molecule has 8 nitrogen and oxygen atoms in total. The molecule has 0 spiro atoms. The average molecular weight is 466 g/mol. The second-order valence-corrected chi connectivity index (χ2v) is 9.71. The van der Waals surface area contributed by atoms with E-state index in [9.17, 15) is 14.4 Å². The normalized spacial score (nSPS) is 16.2. The summed E-state index contributed by atoms with van der Waals surface area (Å²) in [5, 5.41) is 8.16. The van der Waals surface area contributed by atoms with Crippen molar-refractivity contribution >= 4 is 51.5 Å². The van der Waals surface area contributed by atoms with Gasteiger partial charge in [-0.15, -0.1) is 11.3 Å². The second-order valence-electron chi connectivity index (χ2n) is 8.99. The number of hydrogen-bond acceptors (Lipinski definition) is 5. The van der Waals surface area contributed by atoms with Crippen LogP contribution >= 0.6 is 11.3 Å². The van der Waals surface area contributed by atoms with Crippen LogP contribution in [0.3, 0.4) is 0 Å². The Hall–Kier alpha value is -3.20. The van der Waals surface area contributed by atoms with Gasteiger partial charge in [0.05, 0.1) is 11.1 Å². The number of amides is 3. The summed E-state index contributed by atoms with van der Waals surface area (Å²) in [5.74, 6) is 0.289. The fraction of sp³-hybridized carbons (Fsp3) is 0.417. The molecule has 1 aromatic carbocycles. The molecular weight excluding hydrogens is 438 g/mol. The minimum Gasteiger partial charge on any atom is -0.349 e. The lowest BCUT2D eigenvalue weighted by Crippen LogP contribution is -2.27. The molecule has 0 saturated heterocycles. The van der Waals surface area contributed by atoms with Crippen LogP contribution in [0.25, 0.3) is 10.9 Å². The molecule has 0 bridgehead atoms. The summed E-state index contributed by atoms with van der Waals surface area (Å²) in [7, 11) is 1.78. The number of benzene rings is 1. The number of carbonyl (C=O) groups excluding carboxylic acids is 3. The molecule has 2 aromatic heterocycles. The summed E-state index contributed by atoms with van der Waals surface area (Å²) < 4.78 is 0. The van der Waals surface area contributed by atoms with Gasteiger partial charge in [0, 0.05) is 41.5 Å². The molecule has 33 heavy (non-hydrogen) atoms. The van der Waals surface area contributed by atoms with E-state index in [-0.39, 0.29) is 23.8 Å². The van der Waals surface area contributed by atoms with Crippen LogP contribution < -0.4 is 15.5 Å². The Kier molecular flexibility index (Phi) is 5.88. The van der Waals surface area contributed by atoms with Crippen molar-refractivity contribution in [1.82, 2.24) is 15.3 Å². The number of H-pyrrole nitrogens is 1. The van der Waals surface area contributed by atoms with E-state index in [1.165, 1.54) is 24.2 Å². The maximum Gasteiger partial charge on any atom is 0.276 e. The van der Waals surface area contributed by atoms with Gasteiger partial charge in [0.15, 0.2) is 0 Å². The Bertz CT molecular complexity index is 1190. The fourth-order valence-corrected chi connectivity index (χ4v) is 4.99. The highest BCUT2D eigenvalue weighted by atomic mass is 32.1. The van der Waals surface area contributed by atoms with Crippen LogP contribution in [-0.4, -0.2) is 40.8 Å². The number of fused-ring (bicyclic) bond motifs is 1. The van der Waals surface area contributed by atoms with E-state index in [4.69, 9.17) is 0 Å². The van der Waals surface area contributed by atoms with Gasteiger partial charge in [-0.05, 0) is 49.8 Å². The standard InChI is InChI=1S/C24H27N5O3S/c1-29(20(30)10-14-4-2-3-5-14)16-8-9-17-18(11-16)27-22(21(17)24(32)26-15-6-7-15)28-23(31)19-12-33-13-25-19/h8-9,11-15,27H,2-7,10H2,1H3,(H,26,32)(H,28,31). The van der Waals surface area contributed by atoms with Crippen molar-refractivity contribution in [3.8, 4) is 0 Å². The summed E-state index contributed by atoms with van der Waals surface area (Å²) in [6.45, 7) is 0. The van der Waals surface area contributed by atoms with E-state index in [0.29, 0.717) is 40.3 Å². The molecule has 0 atom stereocenters. The highest BCUT2D eigenvalue weighted by molar-refractivity contribution is 7.07. The van der Waals surface area contributed by atoms with Gasteiger partial charge in [-0.25, -0.2) is 4.98 Å².